The summed E-state index contributed by atoms with van der Waals surface area (Å²) in [6.07, 6.45) is -6.67. The molecule has 1 aliphatic heterocycles. The lowest BCUT2D eigenvalue weighted by atomic mass is 9.64. The molecule has 2 aromatic carbocycles. The fraction of sp³-hybridized carbons (Fsp3) is 0.529. The molecule has 0 fully saturated rings. The molecule has 0 spiro atoms. The molecule has 1 amide bonds. The van der Waals surface area contributed by atoms with Crippen LogP contribution in [0, 0.1) is 10.8 Å². The number of Topliss-reactive ketones (excluding diaryl/α,β-unsaturated/α-hetero) is 1. The van der Waals surface area contributed by atoms with Crippen LogP contribution in [-0.2, 0) is 23.3 Å². The average Bonchev–Trinajstić information content (AvgIpc) is 3.35. The normalized spacial score (nSPS) is 14.1. The highest BCUT2D eigenvalue weighted by atomic mass is 19.3. The Hall–Kier alpha value is -3.56. The zero-order valence-corrected chi connectivity index (χ0v) is 26.1. The Kier molecular flexibility index (Phi) is 9.71. The Balaban J connectivity index is 1.83. The number of amides is 1. The smallest absolute Gasteiger partial charge is 0.273 e. The molecular formula is C34H42F4N4O2. The fourth-order valence-corrected chi connectivity index (χ4v) is 6.90. The third-order valence-electron chi connectivity index (χ3n) is 8.36. The van der Waals surface area contributed by atoms with E-state index in [0.717, 1.165) is 11.1 Å². The van der Waals surface area contributed by atoms with Gasteiger partial charge in [0, 0.05) is 37.7 Å². The van der Waals surface area contributed by atoms with Crippen LogP contribution in [0.1, 0.15) is 100 Å². The van der Waals surface area contributed by atoms with Crippen molar-refractivity contribution in [2.45, 2.75) is 104 Å². The third-order valence-corrected chi connectivity index (χ3v) is 8.36. The number of carbonyl (C=O) groups excluding carboxylic acids is 2. The van der Waals surface area contributed by atoms with Crippen molar-refractivity contribution in [3.8, 4) is 0 Å². The molecule has 0 aliphatic carbocycles. The van der Waals surface area contributed by atoms with Crippen LogP contribution in [0.25, 0.3) is 10.9 Å². The summed E-state index contributed by atoms with van der Waals surface area (Å²) in [5.41, 5.74) is 6.39. The molecule has 0 saturated carbocycles. The highest BCUT2D eigenvalue weighted by molar-refractivity contribution is 6.05. The maximum absolute atomic E-state index is 14.3. The monoisotopic (exact) mass is 614 g/mol. The first-order chi connectivity index (χ1) is 20.5. The summed E-state index contributed by atoms with van der Waals surface area (Å²) in [6.45, 7) is 10.7. The first-order valence-corrected chi connectivity index (χ1v) is 15.0. The van der Waals surface area contributed by atoms with Crippen LogP contribution in [-0.4, -0.2) is 39.4 Å². The van der Waals surface area contributed by atoms with E-state index in [9.17, 15) is 27.2 Å². The number of hydrogen-bond acceptors (Lipinski definition) is 5. The summed E-state index contributed by atoms with van der Waals surface area (Å²) < 4.78 is 54.9. The number of benzene rings is 2. The number of nitrogen functional groups attached to an aromatic ring is 1. The van der Waals surface area contributed by atoms with Crippen molar-refractivity contribution in [1.29, 1.82) is 0 Å². The second kappa shape index (κ2) is 12.8. The Morgan fingerprint density at radius 2 is 1.45 bits per heavy atom. The summed E-state index contributed by atoms with van der Waals surface area (Å²) in [6, 6.07) is 12.4. The molecule has 238 valence electrons. The molecule has 0 saturated heterocycles. The number of rotatable bonds is 12. The SMILES string of the molecule is CC(C)(C)CC(C)(C)CC(=O)C(CCC(F)F)(CCC(F)F)c1ccc2nc(N)nc(C(=O)N3Cc4ccccc4C3)c2c1. The second-order valence-corrected chi connectivity index (χ2v) is 14.0. The number of anilines is 1. The van der Waals surface area contributed by atoms with Gasteiger partial charge < -0.3 is 10.6 Å². The predicted molar refractivity (Wildman–Crippen MR) is 164 cm³/mol. The standard InChI is InChI=1S/C34H42F4N4O2/c1-32(2,3)20-33(4,5)17-26(43)34(14-12-27(35)36,15-13-28(37)38)23-10-11-25-24(16-23)29(41-31(39)40-25)30(44)42-18-21-8-6-7-9-22(21)19-42/h6-11,16,27-28H,12-15,17-20H2,1-5H3,(H2,39,40,41). The maximum atomic E-state index is 14.3. The minimum absolute atomic E-state index is 0.0132. The summed E-state index contributed by atoms with van der Waals surface area (Å²) in [5, 5.41) is 0.290. The van der Waals surface area contributed by atoms with Crippen molar-refractivity contribution in [2.75, 3.05) is 5.73 Å². The molecule has 0 bridgehead atoms. The molecular weight excluding hydrogens is 572 g/mol. The van der Waals surface area contributed by atoms with Crippen molar-refractivity contribution in [2.24, 2.45) is 10.8 Å². The minimum Gasteiger partial charge on any atom is -0.368 e. The number of nitrogens with two attached hydrogens (primary N) is 1. The molecule has 0 atom stereocenters. The number of carbonyl (C=O) groups is 2. The lowest BCUT2D eigenvalue weighted by Crippen LogP contribution is -2.40. The van der Waals surface area contributed by atoms with Crippen molar-refractivity contribution in [3.05, 3.63) is 64.8 Å². The van der Waals surface area contributed by atoms with Crippen molar-refractivity contribution < 1.29 is 27.2 Å². The Morgan fingerprint density at radius 3 is 1.98 bits per heavy atom. The van der Waals surface area contributed by atoms with Gasteiger partial charge in [-0.25, -0.2) is 27.5 Å². The number of fused-ring (bicyclic) bond motifs is 2. The van der Waals surface area contributed by atoms with E-state index in [4.69, 9.17) is 5.73 Å². The van der Waals surface area contributed by atoms with Gasteiger partial charge in [-0.2, -0.15) is 0 Å². The molecule has 1 aromatic heterocycles. The van der Waals surface area contributed by atoms with E-state index in [1.165, 1.54) is 0 Å². The molecule has 4 rings (SSSR count). The third kappa shape index (κ3) is 7.74. The largest absolute Gasteiger partial charge is 0.368 e. The average molecular weight is 615 g/mol. The van der Waals surface area contributed by atoms with Crippen LogP contribution in [0.2, 0.25) is 0 Å². The van der Waals surface area contributed by atoms with E-state index < -0.39 is 42.4 Å². The van der Waals surface area contributed by atoms with E-state index in [1.54, 1.807) is 23.1 Å². The van der Waals surface area contributed by atoms with Gasteiger partial charge in [0.2, 0.25) is 18.8 Å². The molecule has 2 heterocycles. The molecule has 6 nitrogen and oxygen atoms in total. The van der Waals surface area contributed by atoms with Crippen LogP contribution >= 0.6 is 0 Å². The lowest BCUT2D eigenvalue weighted by Gasteiger charge is -2.38. The quantitative estimate of drug-likeness (QED) is 0.208. The zero-order chi connectivity index (χ0) is 32.4. The number of aromatic nitrogens is 2. The van der Waals surface area contributed by atoms with E-state index in [1.807, 2.05) is 58.9 Å². The van der Waals surface area contributed by atoms with Crippen molar-refractivity contribution in [1.82, 2.24) is 14.9 Å². The van der Waals surface area contributed by atoms with Gasteiger partial charge in [-0.1, -0.05) is 65.0 Å². The highest BCUT2D eigenvalue weighted by Gasteiger charge is 2.43. The van der Waals surface area contributed by atoms with E-state index >= 15 is 0 Å². The first kappa shape index (κ1) is 33.3. The molecule has 3 aromatic rings. The van der Waals surface area contributed by atoms with Crippen LogP contribution in [0.4, 0.5) is 23.5 Å². The minimum atomic E-state index is -2.73. The van der Waals surface area contributed by atoms with Gasteiger partial charge in [0.15, 0.2) is 0 Å². The maximum Gasteiger partial charge on any atom is 0.273 e. The van der Waals surface area contributed by atoms with E-state index in [-0.39, 0.29) is 47.5 Å². The lowest BCUT2D eigenvalue weighted by molar-refractivity contribution is -0.128. The molecule has 2 N–H and O–H groups in total. The zero-order valence-electron chi connectivity index (χ0n) is 26.1. The van der Waals surface area contributed by atoms with Gasteiger partial charge in [0.1, 0.15) is 11.5 Å². The van der Waals surface area contributed by atoms with E-state index in [2.05, 4.69) is 9.97 Å². The molecule has 0 radical (unpaired) electrons. The van der Waals surface area contributed by atoms with Crippen molar-refractivity contribution in [3.63, 3.8) is 0 Å². The number of hydrogen-bond donors (Lipinski definition) is 1. The molecule has 44 heavy (non-hydrogen) atoms. The topological polar surface area (TPSA) is 89.2 Å². The molecule has 0 unspecified atom stereocenters. The summed E-state index contributed by atoms with van der Waals surface area (Å²) in [7, 11) is 0. The molecule has 1 aliphatic rings. The van der Waals surface area contributed by atoms with Gasteiger partial charge in [0.05, 0.1) is 10.9 Å². The number of nitrogens with zero attached hydrogens (tertiary/aromatic N) is 3. The Labute approximate surface area is 256 Å². The number of alkyl halides is 4. The van der Waals surface area contributed by atoms with Crippen LogP contribution in [0.5, 0.6) is 0 Å². The number of halogens is 4. The van der Waals surface area contributed by atoms with Gasteiger partial charge in [0.25, 0.3) is 5.91 Å². The first-order valence-electron chi connectivity index (χ1n) is 15.0. The van der Waals surface area contributed by atoms with Gasteiger partial charge in [-0.3, -0.25) is 9.59 Å². The summed E-state index contributed by atoms with van der Waals surface area (Å²) in [5.74, 6) is -0.889. The summed E-state index contributed by atoms with van der Waals surface area (Å²) in [4.78, 5) is 38.3. The van der Waals surface area contributed by atoms with E-state index in [0.29, 0.717) is 30.6 Å². The number of ketones is 1. The van der Waals surface area contributed by atoms with Gasteiger partial charge in [-0.15, -0.1) is 0 Å². The van der Waals surface area contributed by atoms with Crippen LogP contribution in [0.15, 0.2) is 42.5 Å². The fourth-order valence-electron chi connectivity index (χ4n) is 6.90. The summed E-state index contributed by atoms with van der Waals surface area (Å²) >= 11 is 0. The Bertz CT molecular complexity index is 1480. The van der Waals surface area contributed by atoms with Gasteiger partial charge >= 0.3 is 0 Å². The van der Waals surface area contributed by atoms with Crippen LogP contribution in [0.3, 0.4) is 0 Å². The second-order valence-electron chi connectivity index (χ2n) is 14.0. The highest BCUT2D eigenvalue weighted by Crippen LogP contribution is 2.44. The molecule has 10 heteroatoms. The van der Waals surface area contributed by atoms with Crippen LogP contribution < -0.4 is 5.73 Å². The van der Waals surface area contributed by atoms with Gasteiger partial charge in [-0.05, 0) is 58.9 Å². The Morgan fingerprint density at radius 1 is 0.886 bits per heavy atom. The van der Waals surface area contributed by atoms with Crippen molar-refractivity contribution >= 4 is 28.5 Å². The predicted octanol–water partition coefficient (Wildman–Crippen LogP) is 8.12.